The number of hydrogen-bond donors (Lipinski definition) is 1. The molecule has 0 aliphatic heterocycles. The molecule has 0 unspecified atom stereocenters. The Morgan fingerprint density at radius 3 is 2.85 bits per heavy atom. The van der Waals surface area contributed by atoms with Crippen molar-refractivity contribution >= 4 is 32.9 Å². The lowest BCUT2D eigenvalue weighted by molar-refractivity contribution is 0.0697. The van der Waals surface area contributed by atoms with Gasteiger partial charge in [0.2, 0.25) is 0 Å². The van der Waals surface area contributed by atoms with Gasteiger partial charge in [0.1, 0.15) is 5.52 Å². The Morgan fingerprint density at radius 2 is 2.10 bits per heavy atom. The first-order valence-corrected chi connectivity index (χ1v) is 6.71. The van der Waals surface area contributed by atoms with Gasteiger partial charge >= 0.3 is 5.97 Å². The smallest absolute Gasteiger partial charge is 0.335 e. The van der Waals surface area contributed by atoms with E-state index in [-0.39, 0.29) is 5.56 Å². The Morgan fingerprint density at radius 1 is 1.30 bits per heavy atom. The standard InChI is InChI=1S/C14H10BrN3O2/c1-8-10(15)3-2-4-12(8)18-13-6-5-9(14(19)20)7-11(13)16-17-18/h2-7H,1H3,(H,19,20). The van der Waals surface area contributed by atoms with E-state index in [0.29, 0.717) is 5.52 Å². The van der Waals surface area contributed by atoms with Crippen molar-refractivity contribution < 1.29 is 9.90 Å². The molecule has 0 saturated heterocycles. The minimum absolute atomic E-state index is 0.204. The summed E-state index contributed by atoms with van der Waals surface area (Å²) < 4.78 is 2.70. The predicted octanol–water partition coefficient (Wildman–Crippen LogP) is 3.19. The third kappa shape index (κ3) is 1.98. The van der Waals surface area contributed by atoms with Crippen LogP contribution in [0.25, 0.3) is 16.7 Å². The van der Waals surface area contributed by atoms with Gasteiger partial charge in [-0.15, -0.1) is 5.10 Å². The first-order valence-electron chi connectivity index (χ1n) is 5.92. The second-order valence-corrected chi connectivity index (χ2v) is 5.25. The van der Waals surface area contributed by atoms with Crippen LogP contribution in [0.3, 0.4) is 0 Å². The Bertz CT molecular complexity index is 826. The molecule has 0 saturated carbocycles. The van der Waals surface area contributed by atoms with Crippen molar-refractivity contribution in [3.63, 3.8) is 0 Å². The third-order valence-electron chi connectivity index (χ3n) is 3.16. The molecule has 6 heteroatoms. The van der Waals surface area contributed by atoms with E-state index in [9.17, 15) is 4.79 Å². The van der Waals surface area contributed by atoms with Crippen LogP contribution >= 0.6 is 15.9 Å². The molecular formula is C14H10BrN3O2. The molecule has 0 radical (unpaired) electrons. The van der Waals surface area contributed by atoms with Crippen molar-refractivity contribution in [3.8, 4) is 5.69 Å². The normalized spacial score (nSPS) is 10.9. The molecular weight excluding hydrogens is 322 g/mol. The van der Waals surface area contributed by atoms with Gasteiger partial charge in [-0.2, -0.15) is 0 Å². The number of aromatic carboxylic acids is 1. The monoisotopic (exact) mass is 331 g/mol. The number of carboxylic acid groups (broad SMARTS) is 1. The highest BCUT2D eigenvalue weighted by atomic mass is 79.9. The van der Waals surface area contributed by atoms with Gasteiger partial charge < -0.3 is 5.11 Å². The minimum Gasteiger partial charge on any atom is -0.478 e. The summed E-state index contributed by atoms with van der Waals surface area (Å²) in [6, 6.07) is 10.6. The summed E-state index contributed by atoms with van der Waals surface area (Å²) in [6.07, 6.45) is 0. The first-order chi connectivity index (χ1) is 9.58. The fourth-order valence-electron chi connectivity index (χ4n) is 2.06. The quantitative estimate of drug-likeness (QED) is 0.783. The van der Waals surface area contributed by atoms with E-state index in [4.69, 9.17) is 5.11 Å². The molecule has 100 valence electrons. The first kappa shape index (κ1) is 12.8. The molecule has 0 amide bonds. The van der Waals surface area contributed by atoms with Crippen LogP contribution in [0, 0.1) is 6.92 Å². The fraction of sp³-hybridized carbons (Fsp3) is 0.0714. The summed E-state index contributed by atoms with van der Waals surface area (Å²) in [5.41, 5.74) is 3.49. The van der Waals surface area contributed by atoms with Gasteiger partial charge in [0.25, 0.3) is 0 Å². The molecule has 1 aromatic heterocycles. The van der Waals surface area contributed by atoms with Crippen LogP contribution in [-0.4, -0.2) is 26.1 Å². The van der Waals surface area contributed by atoms with E-state index in [1.54, 1.807) is 16.8 Å². The Balaban J connectivity index is 2.23. The van der Waals surface area contributed by atoms with Crippen molar-refractivity contribution in [2.75, 3.05) is 0 Å². The number of fused-ring (bicyclic) bond motifs is 1. The molecule has 0 fully saturated rings. The zero-order valence-electron chi connectivity index (χ0n) is 10.5. The van der Waals surface area contributed by atoms with Crippen LogP contribution in [0.2, 0.25) is 0 Å². The van der Waals surface area contributed by atoms with Gasteiger partial charge in [-0.3, -0.25) is 0 Å². The van der Waals surface area contributed by atoms with E-state index >= 15 is 0 Å². The maximum absolute atomic E-state index is 11.0. The van der Waals surface area contributed by atoms with E-state index in [1.807, 2.05) is 25.1 Å². The number of carboxylic acids is 1. The molecule has 0 bridgehead atoms. The molecule has 20 heavy (non-hydrogen) atoms. The van der Waals surface area contributed by atoms with Gasteiger partial charge in [0.05, 0.1) is 16.8 Å². The lowest BCUT2D eigenvalue weighted by atomic mass is 10.2. The van der Waals surface area contributed by atoms with Gasteiger partial charge in [0.15, 0.2) is 0 Å². The van der Waals surface area contributed by atoms with Crippen LogP contribution < -0.4 is 0 Å². The summed E-state index contributed by atoms with van der Waals surface area (Å²) in [5.74, 6) is -0.972. The zero-order valence-corrected chi connectivity index (χ0v) is 12.1. The number of rotatable bonds is 2. The zero-order chi connectivity index (χ0) is 14.3. The van der Waals surface area contributed by atoms with E-state index < -0.39 is 5.97 Å². The molecule has 0 aliphatic rings. The van der Waals surface area contributed by atoms with Crippen molar-refractivity contribution in [1.82, 2.24) is 15.0 Å². The highest BCUT2D eigenvalue weighted by molar-refractivity contribution is 9.10. The van der Waals surface area contributed by atoms with Crippen molar-refractivity contribution in [2.45, 2.75) is 6.92 Å². The van der Waals surface area contributed by atoms with E-state index in [2.05, 4.69) is 26.2 Å². The molecule has 3 rings (SSSR count). The SMILES string of the molecule is Cc1c(Br)cccc1-n1nnc2cc(C(=O)O)ccc21. The summed E-state index contributed by atoms with van der Waals surface area (Å²) in [6.45, 7) is 1.98. The highest BCUT2D eigenvalue weighted by Gasteiger charge is 2.12. The minimum atomic E-state index is -0.972. The lowest BCUT2D eigenvalue weighted by Gasteiger charge is -2.07. The van der Waals surface area contributed by atoms with E-state index in [1.165, 1.54) is 6.07 Å². The van der Waals surface area contributed by atoms with Crippen LogP contribution in [0.15, 0.2) is 40.9 Å². The number of aromatic nitrogens is 3. The number of nitrogens with zero attached hydrogens (tertiary/aromatic N) is 3. The second-order valence-electron chi connectivity index (χ2n) is 4.39. The van der Waals surface area contributed by atoms with Gasteiger partial charge in [-0.1, -0.05) is 27.2 Å². The number of carbonyl (C=O) groups is 1. The summed E-state index contributed by atoms with van der Waals surface area (Å²) in [7, 11) is 0. The second kappa shape index (κ2) is 4.72. The number of hydrogen-bond acceptors (Lipinski definition) is 3. The summed E-state index contributed by atoms with van der Waals surface area (Å²) >= 11 is 3.49. The number of halogens is 1. The van der Waals surface area contributed by atoms with Crippen LogP contribution in [-0.2, 0) is 0 Å². The third-order valence-corrected chi connectivity index (χ3v) is 4.02. The van der Waals surface area contributed by atoms with Gasteiger partial charge in [-0.25, -0.2) is 9.48 Å². The molecule has 1 N–H and O–H groups in total. The average Bonchev–Trinajstić information content (AvgIpc) is 2.84. The van der Waals surface area contributed by atoms with Crippen LogP contribution in [0.5, 0.6) is 0 Å². The Kier molecular flexibility index (Phi) is 3.02. The maximum Gasteiger partial charge on any atom is 0.335 e. The molecule has 2 aromatic carbocycles. The number of benzene rings is 2. The van der Waals surface area contributed by atoms with Gasteiger partial charge in [-0.05, 0) is 42.8 Å². The van der Waals surface area contributed by atoms with Gasteiger partial charge in [0, 0.05) is 4.47 Å². The lowest BCUT2D eigenvalue weighted by Crippen LogP contribution is -2.00. The molecule has 3 aromatic rings. The van der Waals surface area contributed by atoms with Crippen molar-refractivity contribution in [3.05, 3.63) is 52.0 Å². The molecule has 0 aliphatic carbocycles. The molecule has 0 atom stereocenters. The molecule has 1 heterocycles. The Hall–Kier alpha value is -2.21. The topological polar surface area (TPSA) is 68.0 Å². The molecule has 5 nitrogen and oxygen atoms in total. The van der Waals surface area contributed by atoms with E-state index in [0.717, 1.165) is 21.2 Å². The Labute approximate surface area is 123 Å². The predicted molar refractivity (Wildman–Crippen MR) is 78.3 cm³/mol. The summed E-state index contributed by atoms with van der Waals surface area (Å²) in [5, 5.41) is 17.2. The van der Waals surface area contributed by atoms with Crippen LogP contribution in [0.1, 0.15) is 15.9 Å². The summed E-state index contributed by atoms with van der Waals surface area (Å²) in [4.78, 5) is 11.0. The highest BCUT2D eigenvalue weighted by Crippen LogP contribution is 2.25. The van der Waals surface area contributed by atoms with Crippen molar-refractivity contribution in [2.24, 2.45) is 0 Å². The molecule has 0 spiro atoms. The average molecular weight is 332 g/mol. The fourth-order valence-corrected chi connectivity index (χ4v) is 2.42. The maximum atomic E-state index is 11.0. The van der Waals surface area contributed by atoms with Crippen molar-refractivity contribution in [1.29, 1.82) is 0 Å². The van der Waals surface area contributed by atoms with Crippen LogP contribution in [0.4, 0.5) is 0 Å². The largest absolute Gasteiger partial charge is 0.478 e.